The molecular weight excluding hydrogens is 294 g/mol. The number of nitro benzene ring substituents is 1. The summed E-state index contributed by atoms with van der Waals surface area (Å²) in [6, 6.07) is 4.55. The molecule has 114 valence electrons. The molecule has 21 heavy (non-hydrogen) atoms. The third kappa shape index (κ3) is 3.92. The van der Waals surface area contributed by atoms with E-state index in [1.54, 1.807) is 0 Å². The zero-order chi connectivity index (χ0) is 15.4. The van der Waals surface area contributed by atoms with Crippen molar-refractivity contribution in [3.63, 3.8) is 0 Å². The van der Waals surface area contributed by atoms with Crippen LogP contribution in [0.15, 0.2) is 18.2 Å². The van der Waals surface area contributed by atoms with Crippen LogP contribution in [0.5, 0.6) is 0 Å². The summed E-state index contributed by atoms with van der Waals surface area (Å²) in [6.07, 6.45) is 3.70. The molecule has 0 saturated heterocycles. The molecule has 1 aliphatic rings. The van der Waals surface area contributed by atoms with E-state index in [2.05, 4.69) is 10.6 Å². The van der Waals surface area contributed by atoms with Crippen LogP contribution in [0.4, 0.5) is 5.69 Å². The minimum atomic E-state index is -0.566. The first-order chi connectivity index (χ1) is 10.0. The second-order valence-corrected chi connectivity index (χ2v) is 5.67. The maximum atomic E-state index is 12.3. The van der Waals surface area contributed by atoms with Gasteiger partial charge in [0, 0.05) is 23.2 Å². The second kappa shape index (κ2) is 6.87. The predicted molar refractivity (Wildman–Crippen MR) is 80.7 cm³/mol. The van der Waals surface area contributed by atoms with Crippen molar-refractivity contribution in [2.24, 2.45) is 0 Å². The Bertz CT molecular complexity index is 542. The lowest BCUT2D eigenvalue weighted by atomic mass is 9.91. The molecule has 1 aromatic rings. The Labute approximate surface area is 128 Å². The Kier molecular flexibility index (Phi) is 5.14. The Hall–Kier alpha value is -1.66. The quantitative estimate of drug-likeness (QED) is 0.661. The summed E-state index contributed by atoms with van der Waals surface area (Å²) in [5, 5.41) is 17.4. The number of nitrogens with zero attached hydrogens (tertiary/aromatic N) is 1. The molecule has 2 N–H and O–H groups in total. The predicted octanol–water partition coefficient (Wildman–Crippen LogP) is 2.51. The largest absolute Gasteiger partial charge is 0.349 e. The van der Waals surface area contributed by atoms with Gasteiger partial charge in [-0.15, -0.1) is 0 Å². The summed E-state index contributed by atoms with van der Waals surface area (Å²) in [6.45, 7) is 0. The highest BCUT2D eigenvalue weighted by molar-refractivity contribution is 6.31. The average Bonchev–Trinajstić information content (AvgIpc) is 2.47. The molecule has 0 atom stereocenters. The first-order valence-electron chi connectivity index (χ1n) is 6.93. The Morgan fingerprint density at radius 1 is 1.29 bits per heavy atom. The molecular formula is C14H18ClN3O3. The molecule has 0 spiro atoms. The average molecular weight is 312 g/mol. The molecule has 2 rings (SSSR count). The van der Waals surface area contributed by atoms with Crippen LogP contribution in [0.3, 0.4) is 0 Å². The van der Waals surface area contributed by atoms with E-state index in [4.69, 9.17) is 11.6 Å². The van der Waals surface area contributed by atoms with E-state index < -0.39 is 10.8 Å². The van der Waals surface area contributed by atoms with Crippen molar-refractivity contribution in [3.8, 4) is 0 Å². The number of nitrogens with one attached hydrogen (secondary N) is 2. The van der Waals surface area contributed by atoms with Crippen LogP contribution in [-0.2, 0) is 0 Å². The topological polar surface area (TPSA) is 84.3 Å². The fourth-order valence-corrected chi connectivity index (χ4v) is 2.81. The van der Waals surface area contributed by atoms with Crippen LogP contribution < -0.4 is 10.6 Å². The number of hydrogen-bond acceptors (Lipinski definition) is 4. The number of carbonyl (C=O) groups excluding carboxylic acids is 1. The molecule has 0 unspecified atom stereocenters. The summed E-state index contributed by atoms with van der Waals surface area (Å²) in [7, 11) is 1.93. The number of carbonyl (C=O) groups is 1. The maximum absolute atomic E-state index is 12.3. The smallest absolute Gasteiger partial charge is 0.282 e. The van der Waals surface area contributed by atoms with Gasteiger partial charge < -0.3 is 10.6 Å². The maximum Gasteiger partial charge on any atom is 0.282 e. The van der Waals surface area contributed by atoms with E-state index >= 15 is 0 Å². The third-order valence-corrected chi connectivity index (χ3v) is 4.11. The lowest BCUT2D eigenvalue weighted by Gasteiger charge is -2.28. The SMILES string of the molecule is CNC1CCC(NC(=O)c2cc(Cl)ccc2[N+](=O)[O-])CC1. The molecule has 0 aliphatic heterocycles. The molecule has 0 heterocycles. The molecule has 1 fully saturated rings. The van der Waals surface area contributed by atoms with Gasteiger partial charge in [0.2, 0.25) is 0 Å². The van der Waals surface area contributed by atoms with Crippen LogP contribution in [0, 0.1) is 10.1 Å². The van der Waals surface area contributed by atoms with E-state index in [1.165, 1.54) is 18.2 Å². The minimum absolute atomic E-state index is 0.0169. The molecule has 7 heteroatoms. The Morgan fingerprint density at radius 3 is 2.48 bits per heavy atom. The summed E-state index contributed by atoms with van der Waals surface area (Å²) in [5.74, 6) is -0.433. The standard InChI is InChI=1S/C14H18ClN3O3/c1-16-10-3-5-11(6-4-10)17-14(19)12-8-9(15)2-7-13(12)18(20)21/h2,7-8,10-11,16H,3-6H2,1H3,(H,17,19). The highest BCUT2D eigenvalue weighted by Gasteiger charge is 2.25. The number of nitro groups is 1. The van der Waals surface area contributed by atoms with Crippen molar-refractivity contribution in [3.05, 3.63) is 38.9 Å². The first kappa shape index (κ1) is 15.7. The van der Waals surface area contributed by atoms with Crippen LogP contribution >= 0.6 is 11.6 Å². The Morgan fingerprint density at radius 2 is 1.90 bits per heavy atom. The van der Waals surface area contributed by atoms with Crippen LogP contribution in [-0.4, -0.2) is 30.0 Å². The van der Waals surface area contributed by atoms with E-state index in [9.17, 15) is 14.9 Å². The van der Waals surface area contributed by atoms with E-state index in [1.807, 2.05) is 7.05 Å². The van der Waals surface area contributed by atoms with Gasteiger partial charge in [-0.1, -0.05) is 11.6 Å². The lowest BCUT2D eigenvalue weighted by molar-refractivity contribution is -0.385. The van der Waals surface area contributed by atoms with Gasteiger partial charge in [-0.3, -0.25) is 14.9 Å². The molecule has 0 aromatic heterocycles. The van der Waals surface area contributed by atoms with Crippen molar-refractivity contribution < 1.29 is 9.72 Å². The lowest BCUT2D eigenvalue weighted by Crippen LogP contribution is -2.41. The third-order valence-electron chi connectivity index (χ3n) is 3.87. The minimum Gasteiger partial charge on any atom is -0.349 e. The van der Waals surface area contributed by atoms with Crippen molar-refractivity contribution in [2.45, 2.75) is 37.8 Å². The molecule has 1 saturated carbocycles. The summed E-state index contributed by atoms with van der Waals surface area (Å²) < 4.78 is 0. The van der Waals surface area contributed by atoms with E-state index in [-0.39, 0.29) is 17.3 Å². The monoisotopic (exact) mass is 311 g/mol. The fourth-order valence-electron chi connectivity index (χ4n) is 2.64. The second-order valence-electron chi connectivity index (χ2n) is 5.23. The highest BCUT2D eigenvalue weighted by Crippen LogP contribution is 2.24. The molecule has 1 aromatic carbocycles. The fraction of sp³-hybridized carbons (Fsp3) is 0.500. The molecule has 0 radical (unpaired) electrons. The van der Waals surface area contributed by atoms with Gasteiger partial charge in [0.05, 0.1) is 4.92 Å². The van der Waals surface area contributed by atoms with Crippen LogP contribution in [0.1, 0.15) is 36.0 Å². The molecule has 6 nitrogen and oxygen atoms in total. The first-order valence-corrected chi connectivity index (χ1v) is 7.31. The number of hydrogen-bond donors (Lipinski definition) is 2. The van der Waals surface area contributed by atoms with Gasteiger partial charge in [0.25, 0.3) is 11.6 Å². The summed E-state index contributed by atoms with van der Waals surface area (Å²) in [4.78, 5) is 22.7. The van der Waals surface area contributed by atoms with Gasteiger partial charge in [0.1, 0.15) is 5.56 Å². The Balaban J connectivity index is 2.07. The van der Waals surface area contributed by atoms with Crippen molar-refractivity contribution in [1.82, 2.24) is 10.6 Å². The van der Waals surface area contributed by atoms with Gasteiger partial charge in [-0.05, 0) is 44.9 Å². The molecule has 0 bridgehead atoms. The number of halogens is 1. The van der Waals surface area contributed by atoms with Gasteiger partial charge >= 0.3 is 0 Å². The van der Waals surface area contributed by atoms with Gasteiger partial charge in [0.15, 0.2) is 0 Å². The van der Waals surface area contributed by atoms with Crippen LogP contribution in [0.25, 0.3) is 0 Å². The molecule has 1 amide bonds. The van der Waals surface area contributed by atoms with Crippen molar-refractivity contribution in [2.75, 3.05) is 7.05 Å². The van der Waals surface area contributed by atoms with Crippen molar-refractivity contribution >= 4 is 23.2 Å². The van der Waals surface area contributed by atoms with Crippen LogP contribution in [0.2, 0.25) is 5.02 Å². The van der Waals surface area contributed by atoms with Gasteiger partial charge in [-0.25, -0.2) is 0 Å². The number of benzene rings is 1. The van der Waals surface area contributed by atoms with Gasteiger partial charge in [-0.2, -0.15) is 0 Å². The number of amides is 1. The normalized spacial score (nSPS) is 21.8. The summed E-state index contributed by atoms with van der Waals surface area (Å²) >= 11 is 5.84. The molecule has 1 aliphatic carbocycles. The van der Waals surface area contributed by atoms with E-state index in [0.29, 0.717) is 11.1 Å². The zero-order valence-corrected chi connectivity index (χ0v) is 12.5. The summed E-state index contributed by atoms with van der Waals surface area (Å²) in [5.41, 5.74) is -0.205. The van der Waals surface area contributed by atoms with E-state index in [0.717, 1.165) is 25.7 Å². The van der Waals surface area contributed by atoms with Crippen molar-refractivity contribution in [1.29, 1.82) is 0 Å². The zero-order valence-electron chi connectivity index (χ0n) is 11.8. The number of rotatable bonds is 4. The highest BCUT2D eigenvalue weighted by atomic mass is 35.5.